The van der Waals surface area contributed by atoms with Crippen molar-refractivity contribution in [2.75, 3.05) is 6.54 Å². The van der Waals surface area contributed by atoms with E-state index >= 15 is 0 Å². The summed E-state index contributed by atoms with van der Waals surface area (Å²) in [5.41, 5.74) is 7.84. The molecule has 2 N–H and O–H groups in total. The average molecular weight is 432 g/mol. The Hall–Kier alpha value is -1.31. The van der Waals surface area contributed by atoms with Gasteiger partial charge in [0.2, 0.25) is 8.32 Å². The molecular formula is C26H45NO2Si. The number of carbonyl (C=O) groups is 1. The minimum Gasteiger partial charge on any atom is -0.547 e. The summed E-state index contributed by atoms with van der Waals surface area (Å²) in [6.07, 6.45) is 6.81. The molecule has 0 aromatic heterocycles. The third kappa shape index (κ3) is 6.34. The Morgan fingerprint density at radius 3 is 2.47 bits per heavy atom. The van der Waals surface area contributed by atoms with Gasteiger partial charge >= 0.3 is 0 Å². The monoisotopic (exact) mass is 431 g/mol. The first-order valence-electron chi connectivity index (χ1n) is 11.5. The topological polar surface area (TPSA) is 52.3 Å². The van der Waals surface area contributed by atoms with Crippen molar-refractivity contribution in [3.8, 4) is 11.8 Å². The summed E-state index contributed by atoms with van der Waals surface area (Å²) >= 11 is 0. The molecule has 0 aromatic carbocycles. The predicted molar refractivity (Wildman–Crippen MR) is 132 cm³/mol. The number of nitrogens with two attached hydrogens (primary N) is 1. The van der Waals surface area contributed by atoms with Crippen LogP contribution < -0.4 is 5.73 Å². The van der Waals surface area contributed by atoms with E-state index in [0.717, 1.165) is 43.4 Å². The van der Waals surface area contributed by atoms with E-state index in [1.807, 2.05) is 6.92 Å². The smallest absolute Gasteiger partial charge is 0.250 e. The van der Waals surface area contributed by atoms with E-state index in [1.165, 1.54) is 5.57 Å². The molecule has 30 heavy (non-hydrogen) atoms. The van der Waals surface area contributed by atoms with Gasteiger partial charge in [0, 0.05) is 18.3 Å². The SMILES string of the molecule is CC#C[C@H]1C(C)=C(O[Si](C)(C)C(C)(C)C)CC[C@]1(CCCN)C(=O)CCC=C(C)C. The van der Waals surface area contributed by atoms with E-state index in [-0.39, 0.29) is 11.0 Å². The van der Waals surface area contributed by atoms with Crippen molar-refractivity contribution < 1.29 is 9.22 Å². The molecule has 4 heteroatoms. The predicted octanol–water partition coefficient (Wildman–Crippen LogP) is 6.76. The van der Waals surface area contributed by atoms with Crippen molar-refractivity contribution in [1.29, 1.82) is 0 Å². The zero-order valence-corrected chi connectivity index (χ0v) is 22.0. The number of allylic oxidation sites excluding steroid dienone is 4. The molecule has 0 fully saturated rings. The maximum absolute atomic E-state index is 13.6. The number of hydrogen-bond donors (Lipinski definition) is 1. The van der Waals surface area contributed by atoms with E-state index < -0.39 is 13.7 Å². The van der Waals surface area contributed by atoms with Crippen molar-refractivity contribution in [3.05, 3.63) is 23.0 Å². The maximum atomic E-state index is 13.6. The van der Waals surface area contributed by atoms with Crippen LogP contribution in [-0.2, 0) is 9.22 Å². The van der Waals surface area contributed by atoms with Crippen LogP contribution in [0.2, 0.25) is 18.1 Å². The zero-order chi connectivity index (χ0) is 23.2. The average Bonchev–Trinajstić information content (AvgIpc) is 2.63. The van der Waals surface area contributed by atoms with Gasteiger partial charge in [0.1, 0.15) is 5.78 Å². The first-order chi connectivity index (χ1) is 13.8. The molecule has 0 heterocycles. The molecule has 0 aromatic rings. The largest absolute Gasteiger partial charge is 0.547 e. The Morgan fingerprint density at radius 2 is 1.97 bits per heavy atom. The summed E-state index contributed by atoms with van der Waals surface area (Å²) in [4.78, 5) is 13.6. The summed E-state index contributed by atoms with van der Waals surface area (Å²) in [6.45, 7) is 20.1. The van der Waals surface area contributed by atoms with Gasteiger partial charge in [-0.3, -0.25) is 4.79 Å². The molecule has 1 aliphatic rings. The Morgan fingerprint density at radius 1 is 1.33 bits per heavy atom. The fraction of sp³-hybridized carbons (Fsp3) is 0.731. The van der Waals surface area contributed by atoms with Crippen LogP contribution in [0.5, 0.6) is 0 Å². The van der Waals surface area contributed by atoms with E-state index in [1.54, 1.807) is 0 Å². The lowest BCUT2D eigenvalue weighted by molar-refractivity contribution is -0.131. The lowest BCUT2D eigenvalue weighted by atomic mass is 9.60. The molecule has 0 amide bonds. The summed E-state index contributed by atoms with van der Waals surface area (Å²) in [7, 11) is -1.94. The molecule has 0 aliphatic heterocycles. The van der Waals surface area contributed by atoms with Gasteiger partial charge in [-0.1, -0.05) is 38.3 Å². The zero-order valence-electron chi connectivity index (χ0n) is 21.0. The molecule has 170 valence electrons. The van der Waals surface area contributed by atoms with Crippen LogP contribution in [-0.4, -0.2) is 20.6 Å². The molecule has 3 nitrogen and oxygen atoms in total. The highest BCUT2D eigenvalue weighted by Gasteiger charge is 2.49. The lowest BCUT2D eigenvalue weighted by Crippen LogP contribution is -2.45. The van der Waals surface area contributed by atoms with E-state index in [4.69, 9.17) is 10.2 Å². The van der Waals surface area contributed by atoms with Crippen molar-refractivity contribution in [2.45, 2.75) is 105 Å². The van der Waals surface area contributed by atoms with Crippen LogP contribution >= 0.6 is 0 Å². The fourth-order valence-corrected chi connectivity index (χ4v) is 5.29. The summed E-state index contributed by atoms with van der Waals surface area (Å²) in [5, 5.41) is 0.139. The molecule has 0 saturated heterocycles. The molecule has 0 spiro atoms. The number of hydrogen-bond acceptors (Lipinski definition) is 3. The molecule has 1 rings (SSSR count). The van der Waals surface area contributed by atoms with Gasteiger partial charge in [-0.25, -0.2) is 0 Å². The van der Waals surface area contributed by atoms with Crippen LogP contribution in [0.25, 0.3) is 0 Å². The molecule has 0 unspecified atom stereocenters. The van der Waals surface area contributed by atoms with E-state index in [2.05, 4.69) is 72.6 Å². The van der Waals surface area contributed by atoms with Crippen molar-refractivity contribution in [3.63, 3.8) is 0 Å². The number of ketones is 1. The third-order valence-electron chi connectivity index (χ3n) is 7.00. The van der Waals surface area contributed by atoms with Gasteiger partial charge in [0.25, 0.3) is 0 Å². The van der Waals surface area contributed by atoms with Crippen LogP contribution in [0.3, 0.4) is 0 Å². The van der Waals surface area contributed by atoms with Crippen LogP contribution in [0.15, 0.2) is 23.0 Å². The Kier molecular flexibility index (Phi) is 9.64. The fourth-order valence-electron chi connectivity index (χ4n) is 4.10. The second kappa shape index (κ2) is 10.8. The van der Waals surface area contributed by atoms with Crippen molar-refractivity contribution in [1.82, 2.24) is 0 Å². The minimum absolute atomic E-state index is 0.0817. The van der Waals surface area contributed by atoms with Gasteiger partial charge in [-0.15, -0.1) is 5.92 Å². The molecule has 1 aliphatic carbocycles. The van der Waals surface area contributed by atoms with Crippen LogP contribution in [0.4, 0.5) is 0 Å². The Bertz CT molecular complexity index is 726. The number of carbonyl (C=O) groups excluding carboxylic acids is 1. The second-order valence-electron chi connectivity index (χ2n) is 10.6. The molecule has 2 atom stereocenters. The number of rotatable bonds is 9. The van der Waals surface area contributed by atoms with Gasteiger partial charge < -0.3 is 10.2 Å². The highest BCUT2D eigenvalue weighted by atomic mass is 28.4. The lowest BCUT2D eigenvalue weighted by Gasteiger charge is -2.45. The Balaban J connectivity index is 3.37. The maximum Gasteiger partial charge on any atom is 0.250 e. The molecular weight excluding hydrogens is 386 g/mol. The van der Waals surface area contributed by atoms with Gasteiger partial charge in [-0.05, 0) is 83.6 Å². The summed E-state index contributed by atoms with van der Waals surface area (Å²) in [6, 6.07) is 0. The summed E-state index contributed by atoms with van der Waals surface area (Å²) in [5.74, 6) is 7.87. The van der Waals surface area contributed by atoms with Gasteiger partial charge in [-0.2, -0.15) is 0 Å². The first kappa shape index (κ1) is 26.7. The normalized spacial score (nSPS) is 22.3. The molecule has 0 saturated carbocycles. The third-order valence-corrected chi connectivity index (χ3v) is 11.4. The van der Waals surface area contributed by atoms with Gasteiger partial charge in [0.15, 0.2) is 0 Å². The Labute approximate surface area is 187 Å². The first-order valence-corrected chi connectivity index (χ1v) is 14.4. The molecule has 0 radical (unpaired) electrons. The quantitative estimate of drug-likeness (QED) is 0.249. The highest BCUT2D eigenvalue weighted by Crippen LogP contribution is 2.50. The van der Waals surface area contributed by atoms with E-state index in [9.17, 15) is 4.79 Å². The highest BCUT2D eigenvalue weighted by molar-refractivity contribution is 6.74. The number of Topliss-reactive ketones (excluding diaryl/α,β-unsaturated/α-hetero) is 1. The standard InChI is InChI=1S/C26H45NO2Si/c1-10-13-22-21(4)23(29-30(8,9)25(5,6)7)16-18-26(22,17-12-19-27)24(28)15-11-14-20(2)3/h14,22H,11-12,15-19,27H2,1-9H3/t22-,26-/m0/s1. The van der Waals surface area contributed by atoms with Crippen molar-refractivity contribution in [2.24, 2.45) is 17.1 Å². The van der Waals surface area contributed by atoms with Crippen LogP contribution in [0.1, 0.15) is 87.0 Å². The van der Waals surface area contributed by atoms with Crippen molar-refractivity contribution >= 4 is 14.1 Å². The molecule has 0 bridgehead atoms. The van der Waals surface area contributed by atoms with Crippen LogP contribution in [0, 0.1) is 23.2 Å². The van der Waals surface area contributed by atoms with Gasteiger partial charge in [0.05, 0.1) is 11.7 Å². The van der Waals surface area contributed by atoms with E-state index in [0.29, 0.717) is 18.7 Å². The minimum atomic E-state index is -1.94. The second-order valence-corrected chi connectivity index (χ2v) is 15.3. The summed E-state index contributed by atoms with van der Waals surface area (Å²) < 4.78 is 6.73.